The van der Waals surface area contributed by atoms with Gasteiger partial charge in [-0.2, -0.15) is 0 Å². The molecule has 24 heavy (non-hydrogen) atoms. The molecular weight excluding hydrogens is 347 g/mol. The first-order valence-corrected chi connectivity index (χ1v) is 9.37. The maximum atomic E-state index is 12.6. The van der Waals surface area contributed by atoms with Gasteiger partial charge < -0.3 is 15.4 Å². The Labute approximate surface area is 153 Å². The number of rotatable bonds is 4. The summed E-state index contributed by atoms with van der Waals surface area (Å²) in [4.78, 5) is 14.5. The van der Waals surface area contributed by atoms with Crippen molar-refractivity contribution >= 4 is 29.1 Å². The number of hydrogen-bond acceptors (Lipinski definition) is 3. The Bertz CT molecular complexity index is 595. The number of benzene rings is 1. The molecule has 2 fully saturated rings. The van der Waals surface area contributed by atoms with Gasteiger partial charge in [0.05, 0.1) is 28.3 Å². The first-order chi connectivity index (χ1) is 11.5. The number of nitrogens with two attached hydrogens (primary N) is 1. The molecule has 1 aromatic carbocycles. The number of nitrogens with zero attached hydrogens (tertiary/aromatic N) is 1. The predicted molar refractivity (Wildman–Crippen MR) is 96.2 cm³/mol. The molecule has 1 aliphatic carbocycles. The fourth-order valence-corrected chi connectivity index (χ4v) is 3.92. The summed E-state index contributed by atoms with van der Waals surface area (Å²) in [5.74, 6) is 0.128. The van der Waals surface area contributed by atoms with Crippen molar-refractivity contribution in [3.8, 4) is 0 Å². The van der Waals surface area contributed by atoms with Gasteiger partial charge in [-0.1, -0.05) is 42.1 Å². The van der Waals surface area contributed by atoms with Gasteiger partial charge in [0.1, 0.15) is 0 Å². The van der Waals surface area contributed by atoms with Crippen LogP contribution in [0.3, 0.4) is 0 Å². The number of carbonyl (C=O) groups excluding carboxylic acids is 1. The summed E-state index contributed by atoms with van der Waals surface area (Å²) < 4.78 is 5.97. The first-order valence-electron chi connectivity index (χ1n) is 8.62. The minimum Gasteiger partial charge on any atom is -0.373 e. The summed E-state index contributed by atoms with van der Waals surface area (Å²) in [5.41, 5.74) is 6.68. The monoisotopic (exact) mass is 370 g/mol. The summed E-state index contributed by atoms with van der Waals surface area (Å²) in [6.45, 7) is 1.96. The molecule has 132 valence electrons. The molecule has 0 spiro atoms. The molecule has 1 aliphatic heterocycles. The summed E-state index contributed by atoms with van der Waals surface area (Å²) >= 11 is 11.9. The zero-order valence-electron chi connectivity index (χ0n) is 13.8. The van der Waals surface area contributed by atoms with E-state index in [-0.39, 0.29) is 12.0 Å². The summed E-state index contributed by atoms with van der Waals surface area (Å²) in [7, 11) is 0. The largest absolute Gasteiger partial charge is 0.373 e. The van der Waals surface area contributed by atoms with Crippen LogP contribution in [0.25, 0.3) is 0 Å². The molecule has 2 aliphatic rings. The van der Waals surface area contributed by atoms with Crippen LogP contribution in [0.4, 0.5) is 0 Å². The molecular formula is C18H24Cl2N2O2. The molecule has 0 bridgehead atoms. The lowest BCUT2D eigenvalue weighted by Gasteiger charge is -2.36. The number of ether oxygens (including phenoxy) is 1. The highest BCUT2D eigenvalue weighted by molar-refractivity contribution is 6.42. The van der Waals surface area contributed by atoms with Gasteiger partial charge in [-0.15, -0.1) is 0 Å². The van der Waals surface area contributed by atoms with E-state index in [0.717, 1.165) is 57.2 Å². The van der Waals surface area contributed by atoms with Crippen LogP contribution in [0.15, 0.2) is 18.2 Å². The van der Waals surface area contributed by atoms with Gasteiger partial charge in [0, 0.05) is 13.1 Å². The topological polar surface area (TPSA) is 55.6 Å². The van der Waals surface area contributed by atoms with E-state index in [2.05, 4.69) is 0 Å². The second-order valence-electron chi connectivity index (χ2n) is 6.91. The van der Waals surface area contributed by atoms with Gasteiger partial charge in [-0.25, -0.2) is 0 Å². The number of likely N-dealkylation sites (tertiary alicyclic amines) is 1. The van der Waals surface area contributed by atoms with Gasteiger partial charge >= 0.3 is 0 Å². The van der Waals surface area contributed by atoms with Crippen LogP contribution >= 0.6 is 23.2 Å². The van der Waals surface area contributed by atoms with Crippen LogP contribution in [-0.4, -0.2) is 35.5 Å². The van der Waals surface area contributed by atoms with Crippen LogP contribution in [0.2, 0.25) is 10.0 Å². The zero-order valence-corrected chi connectivity index (χ0v) is 15.3. The average molecular weight is 371 g/mol. The Morgan fingerprint density at radius 1 is 1.21 bits per heavy atom. The Morgan fingerprint density at radius 2 is 1.88 bits per heavy atom. The molecule has 4 nitrogen and oxygen atoms in total. The minimum absolute atomic E-state index is 0.128. The van der Waals surface area contributed by atoms with E-state index in [0.29, 0.717) is 16.7 Å². The van der Waals surface area contributed by atoms with E-state index in [4.69, 9.17) is 33.7 Å². The lowest BCUT2D eigenvalue weighted by Crippen LogP contribution is -2.55. The fraction of sp³-hybridized carbons (Fsp3) is 0.611. The summed E-state index contributed by atoms with van der Waals surface area (Å²) in [6, 6.07) is 5.54. The van der Waals surface area contributed by atoms with E-state index >= 15 is 0 Å². The highest BCUT2D eigenvalue weighted by atomic mass is 35.5. The van der Waals surface area contributed by atoms with Crippen molar-refractivity contribution in [3.05, 3.63) is 33.8 Å². The smallest absolute Gasteiger partial charge is 0.242 e. The molecule has 0 atom stereocenters. The van der Waals surface area contributed by atoms with Crippen molar-refractivity contribution in [2.45, 2.75) is 56.8 Å². The van der Waals surface area contributed by atoms with E-state index in [9.17, 15) is 4.79 Å². The second kappa shape index (κ2) is 7.61. The summed E-state index contributed by atoms with van der Waals surface area (Å²) in [6.07, 6.45) is 5.63. The van der Waals surface area contributed by atoms with Gasteiger partial charge in [0.25, 0.3) is 0 Å². The van der Waals surface area contributed by atoms with Crippen LogP contribution < -0.4 is 5.73 Å². The standard InChI is InChI=1S/C18H24Cl2N2O2/c19-15-4-3-13(11-16(15)20)12-24-14-5-9-22(10-6-14)17(23)18(21)7-1-2-8-18/h3-4,11,14H,1-2,5-10,12,21H2. The number of piperidine rings is 1. The number of amides is 1. The predicted octanol–water partition coefficient (Wildman–Crippen LogP) is 3.77. The van der Waals surface area contributed by atoms with Gasteiger partial charge in [0.2, 0.25) is 5.91 Å². The number of hydrogen-bond donors (Lipinski definition) is 1. The number of halogens is 2. The van der Waals surface area contributed by atoms with Crippen molar-refractivity contribution in [2.75, 3.05) is 13.1 Å². The van der Waals surface area contributed by atoms with Crippen molar-refractivity contribution in [3.63, 3.8) is 0 Å². The Hall–Kier alpha value is -0.810. The lowest BCUT2D eigenvalue weighted by molar-refractivity contribution is -0.139. The molecule has 0 aromatic heterocycles. The lowest BCUT2D eigenvalue weighted by atomic mass is 9.95. The molecule has 1 amide bonds. The molecule has 1 saturated carbocycles. The second-order valence-corrected chi connectivity index (χ2v) is 7.73. The molecule has 0 unspecified atom stereocenters. The van der Waals surface area contributed by atoms with Crippen molar-refractivity contribution in [1.82, 2.24) is 4.90 Å². The Kier molecular flexibility index (Phi) is 5.70. The van der Waals surface area contributed by atoms with Crippen LogP contribution in [-0.2, 0) is 16.1 Å². The average Bonchev–Trinajstić information content (AvgIpc) is 3.04. The Morgan fingerprint density at radius 3 is 2.50 bits per heavy atom. The van der Waals surface area contributed by atoms with Crippen molar-refractivity contribution in [2.24, 2.45) is 5.73 Å². The molecule has 1 aromatic rings. The minimum atomic E-state index is -0.617. The van der Waals surface area contributed by atoms with E-state index in [1.54, 1.807) is 6.07 Å². The molecule has 2 N–H and O–H groups in total. The third kappa shape index (κ3) is 4.05. The fourth-order valence-electron chi connectivity index (χ4n) is 3.60. The third-order valence-corrected chi connectivity index (χ3v) is 5.86. The highest BCUT2D eigenvalue weighted by Crippen LogP contribution is 2.30. The van der Waals surface area contributed by atoms with E-state index in [1.165, 1.54) is 0 Å². The SMILES string of the molecule is NC1(C(=O)N2CCC(OCc3ccc(Cl)c(Cl)c3)CC2)CCCC1. The normalized spacial score (nSPS) is 21.2. The van der Waals surface area contributed by atoms with Crippen LogP contribution in [0, 0.1) is 0 Å². The molecule has 3 rings (SSSR count). The molecule has 1 heterocycles. The van der Waals surface area contributed by atoms with E-state index < -0.39 is 5.54 Å². The first kappa shape index (κ1) is 18.0. The maximum absolute atomic E-state index is 12.6. The molecule has 0 radical (unpaired) electrons. The quantitative estimate of drug-likeness (QED) is 0.877. The third-order valence-electron chi connectivity index (χ3n) is 5.12. The highest BCUT2D eigenvalue weighted by Gasteiger charge is 2.40. The van der Waals surface area contributed by atoms with Gasteiger partial charge in [-0.05, 0) is 43.4 Å². The van der Waals surface area contributed by atoms with Crippen LogP contribution in [0.5, 0.6) is 0 Å². The Balaban J connectivity index is 1.46. The van der Waals surface area contributed by atoms with E-state index in [1.807, 2.05) is 17.0 Å². The van der Waals surface area contributed by atoms with Crippen molar-refractivity contribution < 1.29 is 9.53 Å². The van der Waals surface area contributed by atoms with Crippen LogP contribution in [0.1, 0.15) is 44.1 Å². The molecule has 6 heteroatoms. The summed E-state index contributed by atoms with van der Waals surface area (Å²) in [5, 5.41) is 1.10. The zero-order chi connectivity index (χ0) is 17.2. The van der Waals surface area contributed by atoms with Gasteiger partial charge in [-0.3, -0.25) is 4.79 Å². The van der Waals surface area contributed by atoms with Crippen molar-refractivity contribution in [1.29, 1.82) is 0 Å². The molecule has 1 saturated heterocycles. The number of carbonyl (C=O) groups is 1. The van der Waals surface area contributed by atoms with Gasteiger partial charge in [0.15, 0.2) is 0 Å². The maximum Gasteiger partial charge on any atom is 0.242 e.